The van der Waals surface area contributed by atoms with Crippen molar-refractivity contribution in [2.75, 3.05) is 5.32 Å². The SMILES string of the molecule is C[C@@H]1CCc2c(ccc(F)c2F)N1. The number of hydrogen-bond acceptors (Lipinski definition) is 1. The first-order valence-electron chi connectivity index (χ1n) is 4.42. The number of halogens is 2. The monoisotopic (exact) mass is 183 g/mol. The molecule has 2 rings (SSSR count). The molecular formula is C10H11F2N. The van der Waals surface area contributed by atoms with E-state index in [9.17, 15) is 8.78 Å². The van der Waals surface area contributed by atoms with Crippen LogP contribution >= 0.6 is 0 Å². The van der Waals surface area contributed by atoms with E-state index in [1.165, 1.54) is 6.07 Å². The summed E-state index contributed by atoms with van der Waals surface area (Å²) in [7, 11) is 0. The second-order valence-electron chi connectivity index (χ2n) is 3.47. The molecule has 0 unspecified atom stereocenters. The first kappa shape index (κ1) is 8.48. The highest BCUT2D eigenvalue weighted by molar-refractivity contribution is 5.54. The maximum Gasteiger partial charge on any atom is 0.164 e. The fraction of sp³-hybridized carbons (Fsp3) is 0.400. The minimum atomic E-state index is -0.755. The molecule has 3 heteroatoms. The summed E-state index contributed by atoms with van der Waals surface area (Å²) < 4.78 is 26.0. The van der Waals surface area contributed by atoms with E-state index in [0.29, 0.717) is 18.0 Å². The van der Waals surface area contributed by atoms with Crippen LogP contribution in [0.3, 0.4) is 0 Å². The van der Waals surface area contributed by atoms with Gasteiger partial charge in [0.05, 0.1) is 0 Å². The summed E-state index contributed by atoms with van der Waals surface area (Å²) in [6, 6.07) is 3.11. The highest BCUT2D eigenvalue weighted by Gasteiger charge is 2.19. The number of rotatable bonds is 0. The van der Waals surface area contributed by atoms with Crippen molar-refractivity contribution in [1.82, 2.24) is 0 Å². The summed E-state index contributed by atoms with van der Waals surface area (Å²) in [6.45, 7) is 2.03. The van der Waals surface area contributed by atoms with Gasteiger partial charge in [0.15, 0.2) is 11.6 Å². The molecular weight excluding hydrogens is 172 g/mol. The Morgan fingerprint density at radius 3 is 2.92 bits per heavy atom. The molecule has 1 nitrogen and oxygen atoms in total. The lowest BCUT2D eigenvalue weighted by atomic mass is 9.98. The zero-order valence-electron chi connectivity index (χ0n) is 7.40. The molecule has 0 spiro atoms. The summed E-state index contributed by atoms with van der Waals surface area (Å²) in [6.07, 6.45) is 1.47. The Morgan fingerprint density at radius 2 is 2.15 bits per heavy atom. The average molecular weight is 183 g/mol. The molecule has 1 heterocycles. The van der Waals surface area contributed by atoms with Crippen molar-refractivity contribution in [3.05, 3.63) is 29.3 Å². The fourth-order valence-corrected chi connectivity index (χ4v) is 1.67. The van der Waals surface area contributed by atoms with Gasteiger partial charge in [-0.05, 0) is 31.9 Å². The number of hydrogen-bond donors (Lipinski definition) is 1. The van der Waals surface area contributed by atoms with Crippen molar-refractivity contribution in [1.29, 1.82) is 0 Å². The maximum absolute atomic E-state index is 13.2. The van der Waals surface area contributed by atoms with Crippen LogP contribution in [0.15, 0.2) is 12.1 Å². The second-order valence-corrected chi connectivity index (χ2v) is 3.47. The summed E-state index contributed by atoms with van der Waals surface area (Å²) in [5, 5.41) is 3.12. The Hall–Kier alpha value is -1.12. The predicted octanol–water partition coefficient (Wildman–Crippen LogP) is 2.71. The molecule has 1 N–H and O–H groups in total. The van der Waals surface area contributed by atoms with Crippen LogP contribution in [0.4, 0.5) is 14.5 Å². The Balaban J connectivity index is 2.47. The minimum Gasteiger partial charge on any atom is -0.382 e. The van der Waals surface area contributed by atoms with Gasteiger partial charge in [-0.25, -0.2) is 8.78 Å². The first-order chi connectivity index (χ1) is 6.18. The lowest BCUT2D eigenvalue weighted by Crippen LogP contribution is -2.23. The van der Waals surface area contributed by atoms with Gasteiger partial charge in [-0.3, -0.25) is 0 Å². The van der Waals surface area contributed by atoms with Crippen molar-refractivity contribution >= 4 is 5.69 Å². The average Bonchev–Trinajstić information content (AvgIpc) is 2.12. The van der Waals surface area contributed by atoms with Crippen LogP contribution in [0.1, 0.15) is 18.9 Å². The molecule has 1 aliphatic heterocycles. The molecule has 1 atom stereocenters. The van der Waals surface area contributed by atoms with E-state index in [4.69, 9.17) is 0 Å². The molecule has 0 aromatic heterocycles. The van der Waals surface area contributed by atoms with Crippen molar-refractivity contribution in [2.45, 2.75) is 25.8 Å². The summed E-state index contributed by atoms with van der Waals surface area (Å²) >= 11 is 0. The van der Waals surface area contributed by atoms with E-state index >= 15 is 0 Å². The normalized spacial score (nSPS) is 20.7. The molecule has 0 radical (unpaired) electrons. The number of nitrogens with one attached hydrogen (secondary N) is 1. The third-order valence-electron chi connectivity index (χ3n) is 2.43. The van der Waals surface area contributed by atoms with Gasteiger partial charge in [-0.15, -0.1) is 0 Å². The quantitative estimate of drug-likeness (QED) is 0.652. The van der Waals surface area contributed by atoms with E-state index in [1.807, 2.05) is 6.92 Å². The number of fused-ring (bicyclic) bond motifs is 1. The zero-order chi connectivity index (χ0) is 9.42. The third-order valence-corrected chi connectivity index (χ3v) is 2.43. The van der Waals surface area contributed by atoms with Gasteiger partial charge >= 0.3 is 0 Å². The van der Waals surface area contributed by atoms with Gasteiger partial charge < -0.3 is 5.32 Å². The molecule has 0 saturated carbocycles. The lowest BCUT2D eigenvalue weighted by Gasteiger charge is -2.24. The largest absolute Gasteiger partial charge is 0.382 e. The van der Waals surface area contributed by atoms with E-state index in [-0.39, 0.29) is 0 Å². The van der Waals surface area contributed by atoms with Gasteiger partial charge in [0.25, 0.3) is 0 Å². The molecule has 0 amide bonds. The van der Waals surface area contributed by atoms with Crippen LogP contribution in [-0.2, 0) is 6.42 Å². The van der Waals surface area contributed by atoms with Gasteiger partial charge in [0.2, 0.25) is 0 Å². The smallest absolute Gasteiger partial charge is 0.164 e. The molecule has 0 bridgehead atoms. The predicted molar refractivity (Wildman–Crippen MR) is 47.8 cm³/mol. The zero-order valence-corrected chi connectivity index (χ0v) is 7.40. The molecule has 13 heavy (non-hydrogen) atoms. The van der Waals surface area contributed by atoms with E-state index < -0.39 is 11.6 Å². The van der Waals surface area contributed by atoms with Crippen LogP contribution in [-0.4, -0.2) is 6.04 Å². The van der Waals surface area contributed by atoms with Gasteiger partial charge in [-0.1, -0.05) is 0 Å². The molecule has 70 valence electrons. The van der Waals surface area contributed by atoms with E-state index in [2.05, 4.69) is 5.32 Å². The molecule has 1 aromatic carbocycles. The second kappa shape index (κ2) is 2.98. The van der Waals surface area contributed by atoms with Crippen LogP contribution in [0, 0.1) is 11.6 Å². The molecule has 0 fully saturated rings. The van der Waals surface area contributed by atoms with Crippen LogP contribution in [0.2, 0.25) is 0 Å². The highest BCUT2D eigenvalue weighted by atomic mass is 19.2. The molecule has 0 aliphatic carbocycles. The van der Waals surface area contributed by atoms with Crippen LogP contribution in [0.25, 0.3) is 0 Å². The maximum atomic E-state index is 13.2. The third kappa shape index (κ3) is 1.39. The van der Waals surface area contributed by atoms with Crippen molar-refractivity contribution in [2.24, 2.45) is 0 Å². The Morgan fingerprint density at radius 1 is 1.38 bits per heavy atom. The Bertz CT molecular complexity index is 336. The van der Waals surface area contributed by atoms with Crippen molar-refractivity contribution in [3.63, 3.8) is 0 Å². The standard InChI is InChI=1S/C10H11F2N/c1-6-2-3-7-9(13-6)5-4-8(11)10(7)12/h4-6,13H,2-3H2,1H3/t6-/m1/s1. The number of anilines is 1. The van der Waals surface area contributed by atoms with Crippen LogP contribution < -0.4 is 5.32 Å². The summed E-state index contributed by atoms with van der Waals surface area (Å²) in [5.74, 6) is -1.45. The van der Waals surface area contributed by atoms with Crippen molar-refractivity contribution in [3.8, 4) is 0 Å². The van der Waals surface area contributed by atoms with E-state index in [1.54, 1.807) is 6.07 Å². The van der Waals surface area contributed by atoms with Gasteiger partial charge in [0.1, 0.15) is 0 Å². The fourth-order valence-electron chi connectivity index (χ4n) is 1.67. The Labute approximate surface area is 75.8 Å². The lowest BCUT2D eigenvalue weighted by molar-refractivity contribution is 0.492. The minimum absolute atomic E-state index is 0.345. The first-order valence-corrected chi connectivity index (χ1v) is 4.42. The summed E-state index contributed by atoms with van der Waals surface area (Å²) in [5.41, 5.74) is 1.22. The molecule has 1 aromatic rings. The topological polar surface area (TPSA) is 12.0 Å². The van der Waals surface area contributed by atoms with Gasteiger partial charge in [-0.2, -0.15) is 0 Å². The molecule has 1 aliphatic rings. The van der Waals surface area contributed by atoms with Crippen molar-refractivity contribution < 1.29 is 8.78 Å². The molecule has 0 saturated heterocycles. The van der Waals surface area contributed by atoms with Gasteiger partial charge in [0, 0.05) is 17.3 Å². The summed E-state index contributed by atoms with van der Waals surface area (Å²) in [4.78, 5) is 0. The Kier molecular flexibility index (Phi) is 1.94. The van der Waals surface area contributed by atoms with E-state index in [0.717, 1.165) is 12.1 Å². The highest BCUT2D eigenvalue weighted by Crippen LogP contribution is 2.28. The van der Waals surface area contributed by atoms with Crippen LogP contribution in [0.5, 0.6) is 0 Å². The number of benzene rings is 1.